The number of rotatable bonds is 4. The van der Waals surface area contributed by atoms with Gasteiger partial charge in [0.2, 0.25) is 0 Å². The normalized spacial score (nSPS) is 10.8. The Bertz CT molecular complexity index is 751. The highest BCUT2D eigenvalue weighted by Gasteiger charge is 2.06. The number of nitrogens with two attached hydrogens (primary N) is 1. The second-order valence-corrected chi connectivity index (χ2v) is 4.88. The fourth-order valence-corrected chi connectivity index (χ4v) is 2.39. The van der Waals surface area contributed by atoms with Crippen molar-refractivity contribution >= 4 is 10.8 Å². The van der Waals surface area contributed by atoms with Gasteiger partial charge < -0.3 is 15.6 Å². The van der Waals surface area contributed by atoms with Crippen LogP contribution in [-0.2, 0) is 13.2 Å². The van der Waals surface area contributed by atoms with Gasteiger partial charge in [-0.1, -0.05) is 42.5 Å². The number of benzene rings is 3. The molecule has 0 unspecified atom stereocenters. The van der Waals surface area contributed by atoms with Crippen LogP contribution in [-0.4, -0.2) is 5.11 Å². The molecular weight excluding hydrogens is 262 g/mol. The SMILES string of the molecule is NCc1ccc(Oc2ccc(CO)cc2)c2ccccc12. The lowest BCUT2D eigenvalue weighted by molar-refractivity contribution is 0.281. The van der Waals surface area contributed by atoms with Gasteiger partial charge in [0.1, 0.15) is 11.5 Å². The number of aliphatic hydroxyl groups excluding tert-OH is 1. The lowest BCUT2D eigenvalue weighted by Crippen LogP contribution is -1.98. The van der Waals surface area contributed by atoms with Crippen molar-refractivity contribution in [2.45, 2.75) is 13.2 Å². The highest BCUT2D eigenvalue weighted by Crippen LogP contribution is 2.32. The summed E-state index contributed by atoms with van der Waals surface area (Å²) in [6.07, 6.45) is 0. The lowest BCUT2D eigenvalue weighted by atomic mass is 10.0. The van der Waals surface area contributed by atoms with E-state index in [1.807, 2.05) is 54.6 Å². The Kier molecular flexibility index (Phi) is 3.86. The zero-order valence-electron chi connectivity index (χ0n) is 11.6. The molecule has 3 N–H and O–H groups in total. The van der Waals surface area contributed by atoms with Crippen molar-refractivity contribution in [2.75, 3.05) is 0 Å². The van der Waals surface area contributed by atoms with Crippen LogP contribution in [0.3, 0.4) is 0 Å². The lowest BCUT2D eigenvalue weighted by Gasteiger charge is -2.12. The number of hydrogen-bond acceptors (Lipinski definition) is 3. The minimum Gasteiger partial charge on any atom is -0.457 e. The molecule has 0 saturated heterocycles. The quantitative estimate of drug-likeness (QED) is 0.767. The summed E-state index contributed by atoms with van der Waals surface area (Å²) < 4.78 is 5.97. The van der Waals surface area contributed by atoms with Crippen molar-refractivity contribution in [1.29, 1.82) is 0 Å². The van der Waals surface area contributed by atoms with Gasteiger partial charge in [0.05, 0.1) is 6.61 Å². The molecule has 0 amide bonds. The summed E-state index contributed by atoms with van der Waals surface area (Å²) in [6, 6.07) is 19.5. The number of hydrogen-bond donors (Lipinski definition) is 2. The molecule has 3 nitrogen and oxygen atoms in total. The zero-order valence-corrected chi connectivity index (χ0v) is 11.6. The van der Waals surface area contributed by atoms with E-state index in [2.05, 4.69) is 6.07 Å². The first kappa shape index (κ1) is 13.6. The molecule has 0 bridgehead atoms. The van der Waals surface area contributed by atoms with E-state index in [-0.39, 0.29) is 6.61 Å². The van der Waals surface area contributed by atoms with Crippen LogP contribution in [0, 0.1) is 0 Å². The fourth-order valence-electron chi connectivity index (χ4n) is 2.39. The predicted octanol–water partition coefficient (Wildman–Crippen LogP) is 3.58. The van der Waals surface area contributed by atoms with Crippen molar-refractivity contribution < 1.29 is 9.84 Å². The van der Waals surface area contributed by atoms with Crippen LogP contribution >= 0.6 is 0 Å². The Morgan fingerprint density at radius 1 is 0.857 bits per heavy atom. The smallest absolute Gasteiger partial charge is 0.135 e. The largest absolute Gasteiger partial charge is 0.457 e. The van der Waals surface area contributed by atoms with Crippen molar-refractivity contribution in [3.63, 3.8) is 0 Å². The van der Waals surface area contributed by atoms with Crippen LogP contribution in [0.1, 0.15) is 11.1 Å². The summed E-state index contributed by atoms with van der Waals surface area (Å²) in [4.78, 5) is 0. The van der Waals surface area contributed by atoms with Crippen LogP contribution in [0.15, 0.2) is 60.7 Å². The number of aliphatic hydroxyl groups is 1. The van der Waals surface area contributed by atoms with Gasteiger partial charge in [0, 0.05) is 11.9 Å². The average Bonchev–Trinajstić information content (AvgIpc) is 2.56. The Labute approximate surface area is 123 Å². The molecule has 106 valence electrons. The minimum absolute atomic E-state index is 0.0361. The first-order valence-electron chi connectivity index (χ1n) is 6.90. The molecule has 3 aromatic rings. The number of fused-ring (bicyclic) bond motifs is 1. The summed E-state index contributed by atoms with van der Waals surface area (Å²) in [5.74, 6) is 1.55. The fraction of sp³-hybridized carbons (Fsp3) is 0.111. The highest BCUT2D eigenvalue weighted by molar-refractivity contribution is 5.91. The second-order valence-electron chi connectivity index (χ2n) is 4.88. The van der Waals surface area contributed by atoms with E-state index in [0.717, 1.165) is 33.4 Å². The summed E-state index contributed by atoms with van der Waals surface area (Å²) in [5.41, 5.74) is 7.76. The second kappa shape index (κ2) is 5.95. The molecule has 0 aliphatic heterocycles. The van der Waals surface area contributed by atoms with Gasteiger partial charge in [-0.2, -0.15) is 0 Å². The third-order valence-corrected chi connectivity index (χ3v) is 3.53. The van der Waals surface area contributed by atoms with Gasteiger partial charge in [-0.25, -0.2) is 0 Å². The molecule has 0 radical (unpaired) electrons. The molecule has 3 heteroatoms. The first-order chi connectivity index (χ1) is 10.3. The van der Waals surface area contributed by atoms with Gasteiger partial charge in [-0.3, -0.25) is 0 Å². The maximum Gasteiger partial charge on any atom is 0.135 e. The van der Waals surface area contributed by atoms with Gasteiger partial charge in [-0.05, 0) is 34.7 Å². The summed E-state index contributed by atoms with van der Waals surface area (Å²) in [6.45, 7) is 0.542. The van der Waals surface area contributed by atoms with E-state index in [4.69, 9.17) is 15.6 Å². The van der Waals surface area contributed by atoms with Crippen LogP contribution in [0.4, 0.5) is 0 Å². The van der Waals surface area contributed by atoms with Gasteiger partial charge in [0.25, 0.3) is 0 Å². The standard InChI is InChI=1S/C18H17NO2/c19-11-14-7-10-18(17-4-2-1-3-16(14)17)21-15-8-5-13(12-20)6-9-15/h1-10,20H,11-12,19H2. The Morgan fingerprint density at radius 3 is 2.24 bits per heavy atom. The first-order valence-corrected chi connectivity index (χ1v) is 6.90. The van der Waals surface area contributed by atoms with Gasteiger partial charge in [-0.15, -0.1) is 0 Å². The molecule has 0 aliphatic rings. The monoisotopic (exact) mass is 279 g/mol. The van der Waals surface area contributed by atoms with E-state index in [1.165, 1.54) is 0 Å². The van der Waals surface area contributed by atoms with Gasteiger partial charge >= 0.3 is 0 Å². The minimum atomic E-state index is 0.0361. The molecule has 0 aromatic heterocycles. The molecule has 21 heavy (non-hydrogen) atoms. The average molecular weight is 279 g/mol. The summed E-state index contributed by atoms with van der Waals surface area (Å²) in [5, 5.41) is 11.2. The topological polar surface area (TPSA) is 55.5 Å². The molecule has 0 heterocycles. The van der Waals surface area contributed by atoms with Crippen LogP contribution in [0.5, 0.6) is 11.5 Å². The van der Waals surface area contributed by atoms with E-state index in [9.17, 15) is 0 Å². The predicted molar refractivity (Wildman–Crippen MR) is 84.3 cm³/mol. The highest BCUT2D eigenvalue weighted by atomic mass is 16.5. The molecule has 0 fully saturated rings. The van der Waals surface area contributed by atoms with Crippen LogP contribution in [0.25, 0.3) is 10.8 Å². The number of ether oxygens (including phenoxy) is 1. The molecule has 0 saturated carbocycles. The molecule has 3 rings (SSSR count). The van der Waals surface area contributed by atoms with E-state index in [1.54, 1.807) is 0 Å². The van der Waals surface area contributed by atoms with Gasteiger partial charge in [0.15, 0.2) is 0 Å². The van der Waals surface area contributed by atoms with Crippen LogP contribution < -0.4 is 10.5 Å². The molecule has 0 aliphatic carbocycles. The van der Waals surface area contributed by atoms with Crippen molar-refractivity contribution in [2.24, 2.45) is 5.73 Å². The molecular formula is C18H17NO2. The molecule has 0 spiro atoms. The Balaban J connectivity index is 2.00. The summed E-state index contributed by atoms with van der Waals surface area (Å²) in [7, 11) is 0. The summed E-state index contributed by atoms with van der Waals surface area (Å²) >= 11 is 0. The third-order valence-electron chi connectivity index (χ3n) is 3.53. The maximum atomic E-state index is 9.06. The third kappa shape index (κ3) is 2.75. The van der Waals surface area contributed by atoms with E-state index in [0.29, 0.717) is 6.54 Å². The Hall–Kier alpha value is -2.36. The van der Waals surface area contributed by atoms with Crippen molar-refractivity contribution in [3.8, 4) is 11.5 Å². The zero-order chi connectivity index (χ0) is 14.7. The van der Waals surface area contributed by atoms with E-state index >= 15 is 0 Å². The van der Waals surface area contributed by atoms with Crippen LogP contribution in [0.2, 0.25) is 0 Å². The molecule has 3 aromatic carbocycles. The Morgan fingerprint density at radius 2 is 1.57 bits per heavy atom. The van der Waals surface area contributed by atoms with E-state index < -0.39 is 0 Å². The van der Waals surface area contributed by atoms with Crippen molar-refractivity contribution in [1.82, 2.24) is 0 Å². The van der Waals surface area contributed by atoms with Crippen molar-refractivity contribution in [3.05, 3.63) is 71.8 Å². The molecule has 0 atom stereocenters. The maximum absolute atomic E-state index is 9.06.